The van der Waals surface area contributed by atoms with Crippen molar-refractivity contribution in [1.29, 1.82) is 0 Å². The molecule has 0 aromatic rings. The molecule has 1 heteroatoms. The van der Waals surface area contributed by atoms with Crippen LogP contribution in [0.4, 0.5) is 0 Å². The molecule has 0 heterocycles. The van der Waals surface area contributed by atoms with Crippen LogP contribution in [0.15, 0.2) is 0 Å². The molecule has 0 nitrogen and oxygen atoms in total. The smallest absolute Gasteiger partial charge is 0.00624 e. The summed E-state index contributed by atoms with van der Waals surface area (Å²) in [5.74, 6) is 2.10. The first kappa shape index (κ1) is 5.61. The Morgan fingerprint density at radius 2 is 2.29 bits per heavy atom. The summed E-state index contributed by atoms with van der Waals surface area (Å²) < 4.78 is 0. The number of rotatable bonds is 2. The lowest BCUT2D eigenvalue weighted by atomic mass is 10.3. The first-order chi connectivity index (χ1) is 3.38. The van der Waals surface area contributed by atoms with E-state index in [0.717, 1.165) is 11.8 Å². The Balaban J connectivity index is 2.06. The van der Waals surface area contributed by atoms with E-state index in [1.165, 1.54) is 18.2 Å². The second kappa shape index (κ2) is 2.17. The zero-order valence-electron chi connectivity index (χ0n) is 4.65. The van der Waals surface area contributed by atoms with Crippen LogP contribution in [0, 0.1) is 11.8 Å². The molecule has 1 aliphatic carbocycles. The van der Waals surface area contributed by atoms with Crippen LogP contribution in [-0.2, 0) is 0 Å². The first-order valence-corrected chi connectivity index (χ1v) is 4.06. The Bertz CT molecular complexity index is 53.2. The Morgan fingerprint density at radius 1 is 1.57 bits per heavy atom. The third-order valence-electron chi connectivity index (χ3n) is 1.79. The third-order valence-corrected chi connectivity index (χ3v) is 2.62. The standard InChI is InChI=1S/C6H11Br/c1-2-5-3-6(5)4-7/h5-6H,2-4H2,1H3/t5?,6-/m0/s1. The molecule has 0 aromatic carbocycles. The van der Waals surface area contributed by atoms with Crippen LogP contribution < -0.4 is 0 Å². The minimum absolute atomic E-state index is 1.03. The zero-order valence-corrected chi connectivity index (χ0v) is 6.24. The van der Waals surface area contributed by atoms with Gasteiger partial charge in [-0.15, -0.1) is 0 Å². The van der Waals surface area contributed by atoms with Crippen molar-refractivity contribution in [1.82, 2.24) is 0 Å². The van der Waals surface area contributed by atoms with Gasteiger partial charge in [0.1, 0.15) is 0 Å². The van der Waals surface area contributed by atoms with Crippen LogP contribution in [0.1, 0.15) is 19.8 Å². The molecule has 1 unspecified atom stereocenters. The molecular formula is C6H11Br. The van der Waals surface area contributed by atoms with Crippen molar-refractivity contribution >= 4 is 15.9 Å². The van der Waals surface area contributed by atoms with Gasteiger partial charge in [-0.05, 0) is 18.3 Å². The van der Waals surface area contributed by atoms with Gasteiger partial charge in [-0.25, -0.2) is 0 Å². The predicted octanol–water partition coefficient (Wildman–Crippen LogP) is 2.43. The summed E-state index contributed by atoms with van der Waals surface area (Å²) in [7, 11) is 0. The molecule has 0 spiro atoms. The van der Waals surface area contributed by atoms with Gasteiger partial charge in [-0.2, -0.15) is 0 Å². The topological polar surface area (TPSA) is 0 Å². The van der Waals surface area contributed by atoms with Crippen LogP contribution >= 0.6 is 15.9 Å². The van der Waals surface area contributed by atoms with Crippen molar-refractivity contribution < 1.29 is 0 Å². The fourth-order valence-corrected chi connectivity index (χ4v) is 1.79. The maximum atomic E-state index is 3.46. The number of hydrogen-bond acceptors (Lipinski definition) is 0. The Hall–Kier alpha value is 0.480. The van der Waals surface area contributed by atoms with Gasteiger partial charge in [-0.1, -0.05) is 29.3 Å². The van der Waals surface area contributed by atoms with Gasteiger partial charge in [0.05, 0.1) is 0 Å². The van der Waals surface area contributed by atoms with Gasteiger partial charge in [0.25, 0.3) is 0 Å². The highest BCUT2D eigenvalue weighted by Gasteiger charge is 2.33. The average Bonchev–Trinajstić information content (AvgIpc) is 2.43. The molecule has 0 saturated heterocycles. The number of alkyl halides is 1. The molecule has 7 heavy (non-hydrogen) atoms. The molecule has 2 atom stereocenters. The van der Waals surface area contributed by atoms with Crippen LogP contribution in [0.25, 0.3) is 0 Å². The minimum Gasteiger partial charge on any atom is -0.0925 e. The molecular weight excluding hydrogens is 152 g/mol. The second-order valence-corrected chi connectivity index (χ2v) is 2.97. The van der Waals surface area contributed by atoms with Crippen molar-refractivity contribution in [3.63, 3.8) is 0 Å². The van der Waals surface area contributed by atoms with Gasteiger partial charge >= 0.3 is 0 Å². The van der Waals surface area contributed by atoms with Crippen LogP contribution in [0.2, 0.25) is 0 Å². The van der Waals surface area contributed by atoms with Crippen LogP contribution in [0.3, 0.4) is 0 Å². The maximum Gasteiger partial charge on any atom is 0.00624 e. The maximum absolute atomic E-state index is 3.46. The zero-order chi connectivity index (χ0) is 5.28. The lowest BCUT2D eigenvalue weighted by molar-refractivity contribution is 0.731. The lowest BCUT2D eigenvalue weighted by Gasteiger charge is -1.84. The van der Waals surface area contributed by atoms with E-state index < -0.39 is 0 Å². The highest BCUT2D eigenvalue weighted by molar-refractivity contribution is 9.09. The summed E-state index contributed by atoms with van der Waals surface area (Å²) in [5, 5.41) is 1.23. The largest absolute Gasteiger partial charge is 0.0925 e. The van der Waals surface area contributed by atoms with E-state index in [0.29, 0.717) is 0 Å². The number of halogens is 1. The monoisotopic (exact) mass is 162 g/mol. The molecule has 42 valence electrons. The SMILES string of the molecule is CCC1C[C@H]1CBr. The van der Waals surface area contributed by atoms with Crippen LogP contribution in [-0.4, -0.2) is 5.33 Å². The highest BCUT2D eigenvalue weighted by atomic mass is 79.9. The van der Waals surface area contributed by atoms with E-state index in [-0.39, 0.29) is 0 Å². The average molecular weight is 163 g/mol. The van der Waals surface area contributed by atoms with Crippen molar-refractivity contribution in [3.05, 3.63) is 0 Å². The highest BCUT2D eigenvalue weighted by Crippen LogP contribution is 2.41. The summed E-state index contributed by atoms with van der Waals surface area (Å²) in [6.07, 6.45) is 2.86. The summed E-state index contributed by atoms with van der Waals surface area (Å²) >= 11 is 3.46. The lowest BCUT2D eigenvalue weighted by Crippen LogP contribution is -1.78. The number of hydrogen-bond donors (Lipinski definition) is 0. The molecule has 0 N–H and O–H groups in total. The van der Waals surface area contributed by atoms with E-state index in [4.69, 9.17) is 0 Å². The van der Waals surface area contributed by atoms with Gasteiger partial charge in [0.15, 0.2) is 0 Å². The van der Waals surface area contributed by atoms with Crippen molar-refractivity contribution in [3.8, 4) is 0 Å². The van der Waals surface area contributed by atoms with Gasteiger partial charge in [0.2, 0.25) is 0 Å². The van der Waals surface area contributed by atoms with E-state index in [1.807, 2.05) is 0 Å². The van der Waals surface area contributed by atoms with E-state index in [1.54, 1.807) is 0 Å². The molecule has 1 aliphatic rings. The van der Waals surface area contributed by atoms with Crippen molar-refractivity contribution in [2.45, 2.75) is 19.8 Å². The van der Waals surface area contributed by atoms with E-state index >= 15 is 0 Å². The second-order valence-electron chi connectivity index (χ2n) is 2.32. The fraction of sp³-hybridized carbons (Fsp3) is 1.00. The summed E-state index contributed by atoms with van der Waals surface area (Å²) in [6, 6.07) is 0. The normalized spacial score (nSPS) is 38.6. The minimum atomic E-state index is 1.03. The fourth-order valence-electron chi connectivity index (χ4n) is 0.999. The molecule has 0 aliphatic heterocycles. The van der Waals surface area contributed by atoms with Gasteiger partial charge in [0, 0.05) is 5.33 Å². The molecule has 1 fully saturated rings. The molecule has 1 saturated carbocycles. The molecule has 0 aromatic heterocycles. The summed E-state index contributed by atoms with van der Waals surface area (Å²) in [5.41, 5.74) is 0. The molecule has 1 rings (SSSR count). The van der Waals surface area contributed by atoms with Gasteiger partial charge in [-0.3, -0.25) is 0 Å². The predicted molar refractivity (Wildman–Crippen MR) is 35.7 cm³/mol. The first-order valence-electron chi connectivity index (χ1n) is 2.94. The molecule has 0 radical (unpaired) electrons. The Labute approximate surface area is 53.4 Å². The van der Waals surface area contributed by atoms with Gasteiger partial charge < -0.3 is 0 Å². The molecule has 0 bridgehead atoms. The Kier molecular flexibility index (Phi) is 1.74. The van der Waals surface area contributed by atoms with E-state index in [2.05, 4.69) is 22.9 Å². The van der Waals surface area contributed by atoms with Crippen LogP contribution in [0.5, 0.6) is 0 Å². The third kappa shape index (κ3) is 1.18. The van der Waals surface area contributed by atoms with Crippen molar-refractivity contribution in [2.24, 2.45) is 11.8 Å². The van der Waals surface area contributed by atoms with E-state index in [9.17, 15) is 0 Å². The summed E-state index contributed by atoms with van der Waals surface area (Å²) in [4.78, 5) is 0. The quantitative estimate of drug-likeness (QED) is 0.548. The summed E-state index contributed by atoms with van der Waals surface area (Å²) in [6.45, 7) is 2.27. The Morgan fingerprint density at radius 3 is 2.43 bits per heavy atom. The molecule has 0 amide bonds. The van der Waals surface area contributed by atoms with Crippen molar-refractivity contribution in [2.75, 3.05) is 5.33 Å².